The summed E-state index contributed by atoms with van der Waals surface area (Å²) in [7, 11) is 0. The number of rotatable bonds is 2. The third kappa shape index (κ3) is 2.64. The molecule has 0 spiro atoms. The molecule has 86 valence electrons. The number of aliphatic imine (C=N–C) groups is 1. The van der Waals surface area contributed by atoms with Gasteiger partial charge in [-0.15, -0.1) is 0 Å². The molecule has 3 nitrogen and oxygen atoms in total. The van der Waals surface area contributed by atoms with Gasteiger partial charge >= 0.3 is 0 Å². The van der Waals surface area contributed by atoms with Crippen LogP contribution < -0.4 is 0 Å². The second kappa shape index (κ2) is 4.70. The van der Waals surface area contributed by atoms with Crippen LogP contribution in [-0.2, 0) is 0 Å². The lowest BCUT2D eigenvalue weighted by Crippen LogP contribution is -1.92. The Labute approximate surface area is 99.7 Å². The van der Waals surface area contributed by atoms with Crippen molar-refractivity contribution < 1.29 is 10.2 Å². The standard InChI is InChI=1S/C14H13NO2/c1-10(11-6-8-12(16)9-7-11)15-13-4-2-3-5-14(13)17/h2-9,16-17H,1H3. The number of benzene rings is 2. The molecule has 2 aromatic carbocycles. The summed E-state index contributed by atoms with van der Waals surface area (Å²) in [6, 6.07) is 13.7. The molecular weight excluding hydrogens is 214 g/mol. The van der Waals surface area contributed by atoms with E-state index in [0.29, 0.717) is 5.69 Å². The maximum Gasteiger partial charge on any atom is 0.141 e. The van der Waals surface area contributed by atoms with E-state index in [0.717, 1.165) is 11.3 Å². The minimum Gasteiger partial charge on any atom is -0.508 e. The van der Waals surface area contributed by atoms with Gasteiger partial charge in [-0.1, -0.05) is 12.1 Å². The normalized spacial score (nSPS) is 11.5. The van der Waals surface area contributed by atoms with Gasteiger partial charge in [0.1, 0.15) is 17.2 Å². The molecule has 0 unspecified atom stereocenters. The van der Waals surface area contributed by atoms with Gasteiger partial charge in [-0.2, -0.15) is 0 Å². The summed E-state index contributed by atoms with van der Waals surface area (Å²) in [5, 5.41) is 18.8. The number of para-hydroxylation sites is 2. The molecule has 3 heteroatoms. The maximum atomic E-state index is 9.60. The number of hydrogen-bond donors (Lipinski definition) is 2. The predicted molar refractivity (Wildman–Crippen MR) is 68.1 cm³/mol. The highest BCUT2D eigenvalue weighted by molar-refractivity contribution is 6.00. The van der Waals surface area contributed by atoms with Crippen LogP contribution in [0.3, 0.4) is 0 Å². The van der Waals surface area contributed by atoms with E-state index in [1.807, 2.05) is 13.0 Å². The van der Waals surface area contributed by atoms with Crippen molar-refractivity contribution in [2.24, 2.45) is 4.99 Å². The number of nitrogens with zero attached hydrogens (tertiary/aromatic N) is 1. The summed E-state index contributed by atoms with van der Waals surface area (Å²) >= 11 is 0. The lowest BCUT2D eigenvalue weighted by atomic mass is 10.1. The summed E-state index contributed by atoms with van der Waals surface area (Å²) in [5.41, 5.74) is 2.23. The second-order valence-electron chi connectivity index (χ2n) is 3.73. The first-order valence-electron chi connectivity index (χ1n) is 5.29. The van der Waals surface area contributed by atoms with E-state index in [-0.39, 0.29) is 11.5 Å². The van der Waals surface area contributed by atoms with Gasteiger partial charge in [0, 0.05) is 5.71 Å². The highest BCUT2D eigenvalue weighted by Gasteiger charge is 2.01. The quantitative estimate of drug-likeness (QED) is 0.774. The van der Waals surface area contributed by atoms with Crippen molar-refractivity contribution in [2.45, 2.75) is 6.92 Å². The Morgan fingerprint density at radius 1 is 0.941 bits per heavy atom. The van der Waals surface area contributed by atoms with Gasteiger partial charge in [0.2, 0.25) is 0 Å². The van der Waals surface area contributed by atoms with Crippen molar-refractivity contribution >= 4 is 11.4 Å². The Morgan fingerprint density at radius 3 is 2.24 bits per heavy atom. The zero-order chi connectivity index (χ0) is 12.3. The highest BCUT2D eigenvalue weighted by atomic mass is 16.3. The topological polar surface area (TPSA) is 52.8 Å². The Morgan fingerprint density at radius 2 is 1.59 bits per heavy atom. The van der Waals surface area contributed by atoms with Crippen molar-refractivity contribution in [3.63, 3.8) is 0 Å². The van der Waals surface area contributed by atoms with Crippen LogP contribution in [0.15, 0.2) is 53.5 Å². The zero-order valence-corrected chi connectivity index (χ0v) is 9.46. The molecule has 0 saturated carbocycles. The molecular formula is C14H13NO2. The molecule has 2 N–H and O–H groups in total. The Hall–Kier alpha value is -2.29. The fraction of sp³-hybridized carbons (Fsp3) is 0.0714. The lowest BCUT2D eigenvalue weighted by molar-refractivity contribution is 0.475. The number of phenols is 2. The highest BCUT2D eigenvalue weighted by Crippen LogP contribution is 2.26. The molecule has 0 fully saturated rings. The van der Waals surface area contributed by atoms with Crippen molar-refractivity contribution in [3.05, 3.63) is 54.1 Å². The van der Waals surface area contributed by atoms with Crippen LogP contribution >= 0.6 is 0 Å². The van der Waals surface area contributed by atoms with E-state index >= 15 is 0 Å². The third-order valence-corrected chi connectivity index (χ3v) is 2.45. The minimum absolute atomic E-state index is 0.158. The molecule has 0 aliphatic carbocycles. The molecule has 17 heavy (non-hydrogen) atoms. The van der Waals surface area contributed by atoms with Crippen LogP contribution in [0.2, 0.25) is 0 Å². The summed E-state index contributed by atoms with van der Waals surface area (Å²) < 4.78 is 0. The Bertz CT molecular complexity index is 544. The summed E-state index contributed by atoms with van der Waals surface area (Å²) in [4.78, 5) is 4.34. The molecule has 2 aromatic rings. The molecule has 0 aliphatic rings. The molecule has 0 amide bonds. The Kier molecular flexibility index (Phi) is 3.10. The number of hydrogen-bond acceptors (Lipinski definition) is 3. The van der Waals surface area contributed by atoms with Crippen LogP contribution in [0.25, 0.3) is 0 Å². The summed E-state index contributed by atoms with van der Waals surface area (Å²) in [5.74, 6) is 0.384. The van der Waals surface area contributed by atoms with E-state index in [4.69, 9.17) is 0 Å². The predicted octanol–water partition coefficient (Wildman–Crippen LogP) is 3.24. The fourth-order valence-corrected chi connectivity index (χ4v) is 1.51. The van der Waals surface area contributed by atoms with Crippen molar-refractivity contribution in [2.75, 3.05) is 0 Å². The molecule has 0 radical (unpaired) electrons. The smallest absolute Gasteiger partial charge is 0.141 e. The van der Waals surface area contributed by atoms with Crippen LogP contribution in [0.5, 0.6) is 11.5 Å². The van der Waals surface area contributed by atoms with E-state index in [2.05, 4.69) is 4.99 Å². The zero-order valence-electron chi connectivity index (χ0n) is 9.46. The second-order valence-corrected chi connectivity index (χ2v) is 3.73. The minimum atomic E-state index is 0.158. The van der Waals surface area contributed by atoms with E-state index in [1.165, 1.54) is 0 Å². The van der Waals surface area contributed by atoms with Gasteiger partial charge in [-0.3, -0.25) is 0 Å². The molecule has 0 heterocycles. The molecule has 0 atom stereocenters. The third-order valence-electron chi connectivity index (χ3n) is 2.45. The van der Waals surface area contributed by atoms with Crippen molar-refractivity contribution in [3.8, 4) is 11.5 Å². The van der Waals surface area contributed by atoms with Crippen LogP contribution in [0, 0.1) is 0 Å². The van der Waals surface area contributed by atoms with E-state index in [9.17, 15) is 10.2 Å². The van der Waals surface area contributed by atoms with Gasteiger partial charge in [-0.05, 0) is 48.9 Å². The van der Waals surface area contributed by atoms with Crippen LogP contribution in [0.4, 0.5) is 5.69 Å². The van der Waals surface area contributed by atoms with Crippen LogP contribution in [-0.4, -0.2) is 15.9 Å². The van der Waals surface area contributed by atoms with Crippen molar-refractivity contribution in [1.29, 1.82) is 0 Å². The van der Waals surface area contributed by atoms with Gasteiger partial charge in [-0.25, -0.2) is 4.99 Å². The average molecular weight is 227 g/mol. The first kappa shape index (κ1) is 11.2. The molecule has 0 saturated heterocycles. The maximum absolute atomic E-state index is 9.60. The SMILES string of the molecule is CC(=Nc1ccccc1O)c1ccc(O)cc1. The molecule has 0 aliphatic heterocycles. The molecule has 0 bridgehead atoms. The summed E-state index contributed by atoms with van der Waals surface area (Å²) in [6.07, 6.45) is 0. The number of aromatic hydroxyl groups is 2. The summed E-state index contributed by atoms with van der Waals surface area (Å²) in [6.45, 7) is 1.86. The number of phenolic OH excluding ortho intramolecular Hbond substituents is 2. The first-order chi connectivity index (χ1) is 8.16. The lowest BCUT2D eigenvalue weighted by Gasteiger charge is -2.03. The Balaban J connectivity index is 2.34. The van der Waals surface area contributed by atoms with E-state index < -0.39 is 0 Å². The van der Waals surface area contributed by atoms with Gasteiger partial charge in [0.05, 0.1) is 0 Å². The molecule has 2 rings (SSSR count). The van der Waals surface area contributed by atoms with Crippen molar-refractivity contribution in [1.82, 2.24) is 0 Å². The largest absolute Gasteiger partial charge is 0.508 e. The van der Waals surface area contributed by atoms with Gasteiger partial charge in [0.25, 0.3) is 0 Å². The monoisotopic (exact) mass is 227 g/mol. The van der Waals surface area contributed by atoms with Gasteiger partial charge < -0.3 is 10.2 Å². The average Bonchev–Trinajstić information content (AvgIpc) is 2.33. The molecule has 0 aromatic heterocycles. The first-order valence-corrected chi connectivity index (χ1v) is 5.29. The van der Waals surface area contributed by atoms with E-state index in [1.54, 1.807) is 42.5 Å². The van der Waals surface area contributed by atoms with Crippen LogP contribution in [0.1, 0.15) is 12.5 Å². The van der Waals surface area contributed by atoms with Gasteiger partial charge in [0.15, 0.2) is 0 Å². The fourth-order valence-electron chi connectivity index (χ4n) is 1.51.